The van der Waals surface area contributed by atoms with Crippen molar-refractivity contribution in [1.29, 1.82) is 0 Å². The van der Waals surface area contributed by atoms with Crippen molar-refractivity contribution >= 4 is 5.78 Å². The molecule has 1 aromatic rings. The average Bonchev–Trinajstić information content (AvgIpc) is 2.58. The summed E-state index contributed by atoms with van der Waals surface area (Å²) in [6.07, 6.45) is 8.91. The van der Waals surface area contributed by atoms with Gasteiger partial charge in [-0.2, -0.15) is 0 Å². The van der Waals surface area contributed by atoms with Crippen molar-refractivity contribution in [3.8, 4) is 0 Å². The highest BCUT2D eigenvalue weighted by Gasteiger charge is 2.08. The maximum atomic E-state index is 12.0. The third-order valence-corrected chi connectivity index (χ3v) is 2.13. The van der Waals surface area contributed by atoms with Gasteiger partial charge in [-0.05, 0) is 18.2 Å². The Kier molecular flexibility index (Phi) is 2.77. The number of rotatable bonds is 2. The topological polar surface area (TPSA) is 17.1 Å². The van der Waals surface area contributed by atoms with Crippen molar-refractivity contribution < 1.29 is 4.79 Å². The predicted molar refractivity (Wildman–Crippen MR) is 60.6 cm³/mol. The molecule has 1 heteroatoms. The summed E-state index contributed by atoms with van der Waals surface area (Å²) in [6.45, 7) is 0. The Morgan fingerprint density at radius 1 is 1.07 bits per heavy atom. The predicted octanol–water partition coefficient (Wildman–Crippen LogP) is 3.08. The molecule has 0 spiro atoms. The second-order valence-corrected chi connectivity index (χ2v) is 3.18. The first kappa shape index (κ1) is 9.45. The third kappa shape index (κ3) is 2.22. The SMILES string of the molecule is O=C(C1=CC=C=CC=C1)c1ccccc1. The highest BCUT2D eigenvalue weighted by Crippen LogP contribution is 2.10. The minimum atomic E-state index is 0.0419. The molecule has 0 aromatic heterocycles. The molecule has 72 valence electrons. The van der Waals surface area contributed by atoms with Gasteiger partial charge in [-0.3, -0.25) is 4.79 Å². The van der Waals surface area contributed by atoms with Gasteiger partial charge >= 0.3 is 0 Å². The summed E-state index contributed by atoms with van der Waals surface area (Å²) in [5, 5.41) is 0. The van der Waals surface area contributed by atoms with Gasteiger partial charge in [-0.25, -0.2) is 0 Å². The number of carbonyl (C=O) groups excluding carboxylic acids is 1. The zero-order valence-electron chi connectivity index (χ0n) is 8.18. The summed E-state index contributed by atoms with van der Waals surface area (Å²) in [5.41, 5.74) is 4.31. The number of ketones is 1. The van der Waals surface area contributed by atoms with Gasteiger partial charge in [0.2, 0.25) is 0 Å². The van der Waals surface area contributed by atoms with E-state index in [1.165, 1.54) is 0 Å². The van der Waals surface area contributed by atoms with Crippen LogP contribution in [0.25, 0.3) is 0 Å². The van der Waals surface area contributed by atoms with Crippen LogP contribution in [0.3, 0.4) is 0 Å². The summed E-state index contributed by atoms with van der Waals surface area (Å²) < 4.78 is 0. The lowest BCUT2D eigenvalue weighted by Gasteiger charge is -1.99. The van der Waals surface area contributed by atoms with Gasteiger partial charge in [0.15, 0.2) is 5.78 Å². The Bertz CT molecular complexity index is 483. The van der Waals surface area contributed by atoms with Gasteiger partial charge in [0.05, 0.1) is 0 Å². The van der Waals surface area contributed by atoms with E-state index < -0.39 is 0 Å². The summed E-state index contributed by atoms with van der Waals surface area (Å²) >= 11 is 0. The standard InChI is InChI=1S/C14H10O/c15-14(13-10-6-3-7-11-13)12-8-4-1-2-5-9-12/h1,3-11H. The maximum absolute atomic E-state index is 12.0. The lowest BCUT2D eigenvalue weighted by Crippen LogP contribution is -2.00. The summed E-state index contributed by atoms with van der Waals surface area (Å²) in [5.74, 6) is 0.0419. The molecular weight excluding hydrogens is 184 g/mol. The zero-order chi connectivity index (χ0) is 10.5. The lowest BCUT2D eigenvalue weighted by atomic mass is 10.0. The molecule has 0 N–H and O–H groups in total. The van der Waals surface area contributed by atoms with Crippen molar-refractivity contribution in [2.45, 2.75) is 0 Å². The van der Waals surface area contributed by atoms with E-state index in [2.05, 4.69) is 5.73 Å². The third-order valence-electron chi connectivity index (χ3n) is 2.13. The summed E-state index contributed by atoms with van der Waals surface area (Å²) in [7, 11) is 0. The molecule has 1 nitrogen and oxygen atoms in total. The normalized spacial score (nSPS) is 13.5. The van der Waals surface area contributed by atoms with E-state index in [-0.39, 0.29) is 5.78 Å². The van der Waals surface area contributed by atoms with Crippen LogP contribution in [0.1, 0.15) is 10.4 Å². The molecular formula is C14H10O. The molecule has 0 heterocycles. The summed E-state index contributed by atoms with van der Waals surface area (Å²) in [4.78, 5) is 12.0. The van der Waals surface area contributed by atoms with Gasteiger partial charge in [0.25, 0.3) is 0 Å². The largest absolute Gasteiger partial charge is 0.289 e. The average molecular weight is 194 g/mol. The number of benzene rings is 1. The first-order valence-corrected chi connectivity index (χ1v) is 4.77. The molecule has 0 aliphatic heterocycles. The van der Waals surface area contributed by atoms with E-state index in [0.29, 0.717) is 11.1 Å². The first-order chi connectivity index (χ1) is 7.38. The quantitative estimate of drug-likeness (QED) is 0.522. The van der Waals surface area contributed by atoms with E-state index in [0.717, 1.165) is 0 Å². The zero-order valence-corrected chi connectivity index (χ0v) is 8.18. The van der Waals surface area contributed by atoms with Crippen molar-refractivity contribution in [2.24, 2.45) is 0 Å². The summed E-state index contributed by atoms with van der Waals surface area (Å²) in [6, 6.07) is 9.26. The monoisotopic (exact) mass is 194 g/mol. The molecule has 0 unspecified atom stereocenters. The fourth-order valence-electron chi connectivity index (χ4n) is 1.36. The van der Waals surface area contributed by atoms with Crippen LogP contribution in [0.2, 0.25) is 0 Å². The molecule has 0 saturated carbocycles. The molecule has 1 aliphatic rings. The van der Waals surface area contributed by atoms with Gasteiger partial charge in [0.1, 0.15) is 0 Å². The molecule has 15 heavy (non-hydrogen) atoms. The maximum Gasteiger partial charge on any atom is 0.193 e. The van der Waals surface area contributed by atoms with Crippen molar-refractivity contribution in [1.82, 2.24) is 0 Å². The van der Waals surface area contributed by atoms with Gasteiger partial charge in [-0.1, -0.05) is 42.5 Å². The molecule has 1 aromatic carbocycles. The van der Waals surface area contributed by atoms with Gasteiger partial charge < -0.3 is 0 Å². The number of allylic oxidation sites excluding steroid dienone is 5. The molecule has 0 radical (unpaired) electrons. The Morgan fingerprint density at radius 3 is 2.67 bits per heavy atom. The van der Waals surface area contributed by atoms with Crippen molar-refractivity contribution in [3.05, 3.63) is 77.6 Å². The van der Waals surface area contributed by atoms with Crippen molar-refractivity contribution in [2.75, 3.05) is 0 Å². The first-order valence-electron chi connectivity index (χ1n) is 4.77. The number of hydrogen-bond donors (Lipinski definition) is 0. The van der Waals surface area contributed by atoms with Crippen LogP contribution >= 0.6 is 0 Å². The smallest absolute Gasteiger partial charge is 0.193 e. The highest BCUT2D eigenvalue weighted by molar-refractivity contribution is 6.10. The van der Waals surface area contributed by atoms with Crippen LogP contribution in [0, 0.1) is 0 Å². The number of Topliss-reactive ketones (excluding diaryl/α,β-unsaturated/α-hetero) is 1. The van der Waals surface area contributed by atoms with E-state index in [1.807, 2.05) is 36.4 Å². The van der Waals surface area contributed by atoms with Gasteiger partial charge in [0, 0.05) is 11.1 Å². The molecule has 2 rings (SSSR count). The molecule has 1 aliphatic carbocycles. The molecule has 0 bridgehead atoms. The van der Waals surface area contributed by atoms with Crippen LogP contribution < -0.4 is 0 Å². The van der Waals surface area contributed by atoms with Crippen molar-refractivity contribution in [3.63, 3.8) is 0 Å². The van der Waals surface area contributed by atoms with E-state index in [4.69, 9.17) is 0 Å². The number of carbonyl (C=O) groups is 1. The van der Waals surface area contributed by atoms with Crippen LogP contribution in [0.5, 0.6) is 0 Å². The minimum Gasteiger partial charge on any atom is -0.289 e. The van der Waals surface area contributed by atoms with E-state index in [1.54, 1.807) is 24.3 Å². The Balaban J connectivity index is 2.31. The van der Waals surface area contributed by atoms with Crippen LogP contribution in [-0.2, 0) is 0 Å². The molecule has 0 amide bonds. The Morgan fingerprint density at radius 2 is 1.87 bits per heavy atom. The Hall–Kier alpha value is -2.11. The second kappa shape index (κ2) is 4.41. The molecule has 0 saturated heterocycles. The highest BCUT2D eigenvalue weighted by atomic mass is 16.1. The van der Waals surface area contributed by atoms with Crippen LogP contribution in [-0.4, -0.2) is 5.78 Å². The Labute approximate surface area is 88.7 Å². The number of hydrogen-bond acceptors (Lipinski definition) is 1. The van der Waals surface area contributed by atoms with Gasteiger partial charge in [-0.15, -0.1) is 5.73 Å². The molecule has 0 fully saturated rings. The second-order valence-electron chi connectivity index (χ2n) is 3.18. The fraction of sp³-hybridized carbons (Fsp3) is 0. The minimum absolute atomic E-state index is 0.0419. The molecule has 0 atom stereocenters. The van der Waals surface area contributed by atoms with Crippen LogP contribution in [0.4, 0.5) is 0 Å². The van der Waals surface area contributed by atoms with E-state index >= 15 is 0 Å². The lowest BCUT2D eigenvalue weighted by molar-refractivity contribution is 0.103. The van der Waals surface area contributed by atoms with Crippen LogP contribution in [0.15, 0.2) is 72.0 Å². The fourth-order valence-corrected chi connectivity index (χ4v) is 1.36. The van der Waals surface area contributed by atoms with E-state index in [9.17, 15) is 4.79 Å².